The summed E-state index contributed by atoms with van der Waals surface area (Å²) in [6, 6.07) is 5.49. The quantitative estimate of drug-likeness (QED) is 0.803. The summed E-state index contributed by atoms with van der Waals surface area (Å²) in [5, 5.41) is 3.16. The fraction of sp³-hybridized carbons (Fsp3) is 0.500. The molecule has 0 fully saturated rings. The van der Waals surface area contributed by atoms with Gasteiger partial charge in [-0.15, -0.1) is 0 Å². The number of rotatable bonds is 5. The average Bonchev–Trinajstić information content (AvgIpc) is 2.38. The highest BCUT2D eigenvalue weighted by Crippen LogP contribution is 2.31. The first kappa shape index (κ1) is 12.4. The molecular weight excluding hydrogens is 238 g/mol. The predicted octanol–water partition coefficient (Wildman–Crippen LogP) is 1.17. The second-order valence-corrected chi connectivity index (χ2v) is 5.28. The summed E-state index contributed by atoms with van der Waals surface area (Å²) >= 11 is 0. The molecule has 1 atom stereocenters. The molecule has 0 bridgehead atoms. The highest BCUT2D eigenvalue weighted by molar-refractivity contribution is 7.85. The summed E-state index contributed by atoms with van der Waals surface area (Å²) in [7, 11) is -0.981. The van der Waals surface area contributed by atoms with Gasteiger partial charge in [0.2, 0.25) is 0 Å². The molecule has 1 unspecified atom stereocenters. The van der Waals surface area contributed by atoms with E-state index >= 15 is 0 Å². The first-order chi connectivity index (χ1) is 8.31. The third-order valence-corrected chi connectivity index (χ3v) is 3.85. The smallest absolute Gasteiger partial charge is 0.162 e. The topological polar surface area (TPSA) is 47.6 Å². The van der Waals surface area contributed by atoms with Gasteiger partial charge in [0.1, 0.15) is 13.2 Å². The normalized spacial score (nSPS) is 15.6. The molecule has 0 aliphatic carbocycles. The minimum atomic E-state index is -0.981. The Labute approximate surface area is 104 Å². The van der Waals surface area contributed by atoms with Crippen molar-refractivity contribution in [2.75, 3.05) is 32.1 Å². The van der Waals surface area contributed by atoms with Crippen LogP contribution in [0.1, 0.15) is 6.92 Å². The highest BCUT2D eigenvalue weighted by atomic mass is 32.2. The van der Waals surface area contributed by atoms with E-state index in [4.69, 9.17) is 9.47 Å². The van der Waals surface area contributed by atoms with Gasteiger partial charge < -0.3 is 14.8 Å². The maximum Gasteiger partial charge on any atom is 0.162 e. The summed E-state index contributed by atoms with van der Waals surface area (Å²) < 4.78 is 22.9. The van der Waals surface area contributed by atoms with Gasteiger partial charge in [-0.3, -0.25) is 4.21 Å². The summed E-state index contributed by atoms with van der Waals surface area (Å²) in [5.41, 5.74) is 0. The predicted molar refractivity (Wildman–Crippen MR) is 67.3 cm³/mol. The van der Waals surface area contributed by atoms with Crippen LogP contribution in [0.15, 0.2) is 23.1 Å². The summed E-state index contributed by atoms with van der Waals surface area (Å²) in [5.74, 6) is 2.06. The second kappa shape index (κ2) is 6.02. The van der Waals surface area contributed by atoms with Crippen molar-refractivity contribution in [3.63, 3.8) is 0 Å². The molecule has 1 N–H and O–H groups in total. The fourth-order valence-electron chi connectivity index (χ4n) is 1.62. The Morgan fingerprint density at radius 3 is 2.82 bits per heavy atom. The van der Waals surface area contributed by atoms with E-state index in [2.05, 4.69) is 5.32 Å². The van der Waals surface area contributed by atoms with Gasteiger partial charge in [-0.2, -0.15) is 0 Å². The Bertz CT molecular complexity index is 409. The Morgan fingerprint density at radius 2 is 2.06 bits per heavy atom. The Kier molecular flexibility index (Phi) is 4.39. The van der Waals surface area contributed by atoms with Crippen LogP contribution in [-0.2, 0) is 10.8 Å². The zero-order chi connectivity index (χ0) is 12.1. The minimum absolute atomic E-state index is 0.556. The minimum Gasteiger partial charge on any atom is -0.486 e. The van der Waals surface area contributed by atoms with E-state index in [9.17, 15) is 4.21 Å². The maximum absolute atomic E-state index is 12.0. The van der Waals surface area contributed by atoms with E-state index in [0.717, 1.165) is 23.7 Å². The monoisotopic (exact) mass is 255 g/mol. The van der Waals surface area contributed by atoms with Gasteiger partial charge in [-0.1, -0.05) is 6.92 Å². The van der Waals surface area contributed by atoms with Crippen LogP contribution in [0.5, 0.6) is 11.5 Å². The summed E-state index contributed by atoms with van der Waals surface area (Å²) in [4.78, 5) is 0.798. The molecule has 17 heavy (non-hydrogen) atoms. The van der Waals surface area contributed by atoms with Gasteiger partial charge in [0.15, 0.2) is 11.5 Å². The van der Waals surface area contributed by atoms with E-state index in [-0.39, 0.29) is 0 Å². The molecule has 2 rings (SSSR count). The Balaban J connectivity index is 2.03. The number of hydrogen-bond acceptors (Lipinski definition) is 4. The lowest BCUT2D eigenvalue weighted by molar-refractivity contribution is 0.171. The molecule has 1 heterocycles. The van der Waals surface area contributed by atoms with Gasteiger partial charge in [-0.05, 0) is 18.7 Å². The van der Waals surface area contributed by atoms with Crippen LogP contribution < -0.4 is 14.8 Å². The van der Waals surface area contributed by atoms with Crippen molar-refractivity contribution in [1.82, 2.24) is 5.32 Å². The molecule has 5 heteroatoms. The van der Waals surface area contributed by atoms with Crippen LogP contribution in [0, 0.1) is 0 Å². The van der Waals surface area contributed by atoms with Crippen LogP contribution >= 0.6 is 0 Å². The van der Waals surface area contributed by atoms with Gasteiger partial charge in [0.25, 0.3) is 0 Å². The Morgan fingerprint density at radius 1 is 1.29 bits per heavy atom. The van der Waals surface area contributed by atoms with Crippen molar-refractivity contribution in [3.8, 4) is 11.5 Å². The van der Waals surface area contributed by atoms with Crippen molar-refractivity contribution < 1.29 is 13.7 Å². The van der Waals surface area contributed by atoms with Crippen LogP contribution in [0.3, 0.4) is 0 Å². The third kappa shape index (κ3) is 3.20. The van der Waals surface area contributed by atoms with Gasteiger partial charge in [0, 0.05) is 23.3 Å². The molecule has 94 valence electrons. The first-order valence-electron chi connectivity index (χ1n) is 5.80. The lowest BCUT2D eigenvalue weighted by Gasteiger charge is -2.18. The van der Waals surface area contributed by atoms with E-state index in [1.165, 1.54) is 0 Å². The lowest BCUT2D eigenvalue weighted by atomic mass is 10.3. The number of fused-ring (bicyclic) bond motifs is 1. The number of hydrogen-bond donors (Lipinski definition) is 1. The van der Waals surface area contributed by atoms with Crippen LogP contribution in [0.2, 0.25) is 0 Å². The first-order valence-corrected chi connectivity index (χ1v) is 7.12. The number of nitrogens with one attached hydrogen (secondary N) is 1. The summed E-state index contributed by atoms with van der Waals surface area (Å²) in [6.07, 6.45) is 0. The molecule has 0 spiro atoms. The van der Waals surface area contributed by atoms with Crippen molar-refractivity contribution in [1.29, 1.82) is 0 Å². The molecule has 4 nitrogen and oxygen atoms in total. The Hall–Kier alpha value is -1.07. The van der Waals surface area contributed by atoms with Gasteiger partial charge in [0.05, 0.1) is 10.8 Å². The van der Waals surface area contributed by atoms with E-state index in [1.54, 1.807) is 0 Å². The van der Waals surface area contributed by atoms with E-state index in [0.29, 0.717) is 24.7 Å². The summed E-state index contributed by atoms with van der Waals surface area (Å²) in [6.45, 7) is 4.83. The average molecular weight is 255 g/mol. The molecule has 1 aliphatic heterocycles. The molecule has 0 radical (unpaired) electrons. The molecule has 0 amide bonds. The molecule has 1 aliphatic rings. The standard InChI is InChI=1S/C12H17NO3S/c1-2-13-5-8-17(14)10-3-4-11-12(9-10)16-7-6-15-11/h3-4,9,13H,2,5-8H2,1H3. The van der Waals surface area contributed by atoms with Crippen LogP contribution in [0.25, 0.3) is 0 Å². The lowest BCUT2D eigenvalue weighted by Crippen LogP contribution is -2.20. The SMILES string of the molecule is CCNCCS(=O)c1ccc2c(c1)OCCO2. The molecular formula is C12H17NO3S. The zero-order valence-corrected chi connectivity index (χ0v) is 10.7. The number of ether oxygens (including phenoxy) is 2. The van der Waals surface area contributed by atoms with Crippen LogP contribution in [-0.4, -0.2) is 36.3 Å². The number of benzene rings is 1. The molecule has 1 aromatic carbocycles. The van der Waals surface area contributed by atoms with Crippen molar-refractivity contribution in [2.45, 2.75) is 11.8 Å². The molecule has 0 aromatic heterocycles. The molecule has 0 saturated carbocycles. The van der Waals surface area contributed by atoms with E-state index in [1.807, 2.05) is 25.1 Å². The van der Waals surface area contributed by atoms with Crippen molar-refractivity contribution in [3.05, 3.63) is 18.2 Å². The zero-order valence-electron chi connectivity index (χ0n) is 9.90. The van der Waals surface area contributed by atoms with Crippen molar-refractivity contribution in [2.24, 2.45) is 0 Å². The highest BCUT2D eigenvalue weighted by Gasteiger charge is 2.13. The molecule has 0 saturated heterocycles. The third-order valence-electron chi connectivity index (χ3n) is 2.49. The largest absolute Gasteiger partial charge is 0.486 e. The fourth-order valence-corrected chi connectivity index (χ4v) is 2.65. The van der Waals surface area contributed by atoms with Gasteiger partial charge in [-0.25, -0.2) is 0 Å². The van der Waals surface area contributed by atoms with Crippen LogP contribution in [0.4, 0.5) is 0 Å². The van der Waals surface area contributed by atoms with Crippen molar-refractivity contribution >= 4 is 10.8 Å². The van der Waals surface area contributed by atoms with Gasteiger partial charge >= 0.3 is 0 Å². The second-order valence-electron chi connectivity index (χ2n) is 3.71. The molecule has 1 aromatic rings. The maximum atomic E-state index is 12.0. The van der Waals surface area contributed by atoms with E-state index < -0.39 is 10.8 Å².